The first-order valence-corrected chi connectivity index (χ1v) is 24.3. The Balaban J connectivity index is 0.00000139. The predicted molar refractivity (Wildman–Crippen MR) is 247 cm³/mol. The number of ether oxygens (including phenoxy) is 4. The maximum atomic E-state index is 12.0. The van der Waals surface area contributed by atoms with Crippen LogP contribution in [-0.4, -0.2) is 93.6 Å². The molecule has 0 atom stereocenters. The molecule has 0 unspecified atom stereocenters. The van der Waals surface area contributed by atoms with Crippen LogP contribution in [0.15, 0.2) is 94.4 Å². The second-order valence-electron chi connectivity index (χ2n) is 15.3. The van der Waals surface area contributed by atoms with E-state index in [2.05, 4.69) is 21.1 Å². The Morgan fingerprint density at radius 1 is 0.694 bits per heavy atom. The molecule has 1 aliphatic heterocycles. The lowest BCUT2D eigenvalue weighted by Crippen LogP contribution is -3.02. The monoisotopic (exact) mass is 917 g/mol. The second kappa shape index (κ2) is 17.9. The van der Waals surface area contributed by atoms with E-state index in [0.717, 1.165) is 69.5 Å². The highest BCUT2D eigenvalue weighted by Gasteiger charge is 2.29. The van der Waals surface area contributed by atoms with Gasteiger partial charge in [-0.2, -0.15) is 4.57 Å². The molecule has 62 heavy (non-hydrogen) atoms. The highest BCUT2D eigenvalue weighted by molar-refractivity contribution is 8.03. The third-order valence-corrected chi connectivity index (χ3v) is 13.7. The van der Waals surface area contributed by atoms with Gasteiger partial charge in [0.05, 0.1) is 87.3 Å². The minimum absolute atomic E-state index is 0.0745. The summed E-state index contributed by atoms with van der Waals surface area (Å²) in [4.78, 5) is 4.17. The zero-order valence-electron chi connectivity index (χ0n) is 35.5. The van der Waals surface area contributed by atoms with Gasteiger partial charge in [-0.1, -0.05) is 35.2 Å². The zero-order valence-corrected chi connectivity index (χ0v) is 38.8. The first kappa shape index (κ1) is 44.9. The maximum absolute atomic E-state index is 12.0. The molecular weight excluding hydrogens is 871 g/mol. The number of anilines is 1. The van der Waals surface area contributed by atoms with Crippen molar-refractivity contribution in [3.63, 3.8) is 0 Å². The van der Waals surface area contributed by atoms with Gasteiger partial charge in [0.1, 0.15) is 14.8 Å². The first-order valence-electron chi connectivity index (χ1n) is 19.5. The number of nitrogens with zero attached hydrogens (tertiary/aromatic N) is 2. The number of nitrogens with one attached hydrogen (secondary N) is 1. The summed E-state index contributed by atoms with van der Waals surface area (Å²) in [6.07, 6.45) is 3.85. The van der Waals surface area contributed by atoms with Crippen LogP contribution in [0.4, 0.5) is 5.69 Å². The van der Waals surface area contributed by atoms with Gasteiger partial charge in [-0.15, -0.1) is 0 Å². The van der Waals surface area contributed by atoms with Crippen molar-refractivity contribution in [1.82, 2.24) is 0 Å². The molecule has 0 spiro atoms. The number of fused-ring (bicyclic) bond motifs is 8. The van der Waals surface area contributed by atoms with Crippen LogP contribution >= 0.6 is 23.1 Å². The van der Waals surface area contributed by atoms with Crippen LogP contribution in [0.1, 0.15) is 11.9 Å². The van der Waals surface area contributed by atoms with Gasteiger partial charge in [0.2, 0.25) is 5.52 Å². The smallest absolute Gasteiger partial charge is 0.263 e. The second-order valence-corrected chi connectivity index (χ2v) is 20.5. The highest BCUT2D eigenvalue weighted by Crippen LogP contribution is 2.51. The third kappa shape index (κ3) is 9.58. The molecule has 7 aromatic rings. The SMILES string of the molecule is COc1cc2cc3ccc4c(c3cc2cc1OC)N(CCS(=O)(=O)[O-])/C(=C/C(C)=C/c1sc2ccc3cc5cc(OC)c(OC)cc5cc3c2[n+]1CCS(=O)(=O)[O-])S4.C[NH+](C)C. The number of methoxy groups -OCH3 is 4. The average molecular weight is 918 g/mol. The van der Waals surface area contributed by atoms with Crippen LogP contribution in [0.2, 0.25) is 0 Å². The van der Waals surface area contributed by atoms with Crippen molar-refractivity contribution in [2.75, 3.05) is 72.5 Å². The zero-order chi connectivity index (χ0) is 44.7. The van der Waals surface area contributed by atoms with Gasteiger partial charge in [-0.3, -0.25) is 0 Å². The number of benzene rings is 6. The molecule has 17 heteroatoms. The predicted octanol–water partition coefficient (Wildman–Crippen LogP) is 6.54. The maximum Gasteiger partial charge on any atom is 0.263 e. The molecule has 326 valence electrons. The topological polar surface area (TPSA) is 163 Å². The molecule has 0 radical (unpaired) electrons. The third-order valence-electron chi connectivity index (χ3n) is 10.2. The quantitative estimate of drug-likeness (QED) is 0.0801. The fourth-order valence-electron chi connectivity index (χ4n) is 7.50. The Morgan fingerprint density at radius 2 is 1.18 bits per heavy atom. The lowest BCUT2D eigenvalue weighted by atomic mass is 10.0. The molecule has 0 saturated carbocycles. The molecule has 1 aromatic heterocycles. The number of quaternary nitrogens is 1. The van der Waals surface area contributed by atoms with Crippen LogP contribution in [-0.2, 0) is 26.8 Å². The van der Waals surface area contributed by atoms with E-state index in [4.69, 9.17) is 18.9 Å². The average Bonchev–Trinajstić information content (AvgIpc) is 3.75. The van der Waals surface area contributed by atoms with Crippen LogP contribution in [0.25, 0.3) is 59.4 Å². The van der Waals surface area contributed by atoms with Crippen molar-refractivity contribution in [2.45, 2.75) is 18.4 Å². The van der Waals surface area contributed by atoms with Gasteiger partial charge < -0.3 is 37.9 Å². The standard InChI is InChI=1S/C42H38N2O10S4.C3H9N/c1-24(14-39-43(10-12-57(45,46)47)41-31-18-29-22-35(53-4)33(51-2)20-27(29)16-25(31)6-8-37(41)55-39)15-40-44(11-13-58(48,49)50)42-32-19-30-23-36(54-5)34(52-3)21-28(30)17-26(32)7-9-38(42)56-40;1-4(2)3/h6-9,14-23H,10-13H2,1-5H3,(H-,45,46,47,48,49,50);1-3H3. The molecule has 1 aliphatic rings. The Hall–Kier alpha value is -5.14. The fraction of sp³-hybridized carbons (Fsp3) is 0.267. The minimum Gasteiger partial charge on any atom is -0.748 e. The molecule has 0 aliphatic carbocycles. The number of thioether (sulfide) groups is 1. The Labute approximate surface area is 369 Å². The van der Waals surface area contributed by atoms with Crippen LogP contribution < -0.4 is 33.3 Å². The van der Waals surface area contributed by atoms with Gasteiger partial charge in [0.25, 0.3) is 5.01 Å². The number of allylic oxidation sites excluding steroid dienone is 2. The minimum atomic E-state index is -4.56. The molecule has 8 rings (SSSR count). The molecular formula is C45H47N3O10S4. The van der Waals surface area contributed by atoms with Crippen LogP contribution in [0.5, 0.6) is 23.0 Å². The number of hydrogen-bond acceptors (Lipinski definition) is 13. The van der Waals surface area contributed by atoms with Crippen molar-refractivity contribution in [2.24, 2.45) is 0 Å². The van der Waals surface area contributed by atoms with Gasteiger partial charge in [0.15, 0.2) is 29.5 Å². The molecule has 0 amide bonds. The molecule has 0 fully saturated rings. The molecule has 0 saturated heterocycles. The van der Waals surface area contributed by atoms with Gasteiger partial charge in [-0.05, 0) is 112 Å². The largest absolute Gasteiger partial charge is 0.748 e. The van der Waals surface area contributed by atoms with Gasteiger partial charge in [-0.25, -0.2) is 16.8 Å². The lowest BCUT2D eigenvalue weighted by molar-refractivity contribution is -0.836. The summed E-state index contributed by atoms with van der Waals surface area (Å²) in [7, 11) is 3.44. The van der Waals surface area contributed by atoms with Gasteiger partial charge >= 0.3 is 0 Å². The Morgan fingerprint density at radius 3 is 1.69 bits per heavy atom. The van der Waals surface area contributed by atoms with Crippen molar-refractivity contribution >= 4 is 108 Å². The van der Waals surface area contributed by atoms with E-state index in [0.29, 0.717) is 33.0 Å². The van der Waals surface area contributed by atoms with Crippen LogP contribution in [0, 0.1) is 0 Å². The number of thiazole rings is 1. The number of hydrogen-bond donors (Lipinski definition) is 1. The van der Waals surface area contributed by atoms with E-state index in [1.54, 1.807) is 28.4 Å². The number of aromatic nitrogens is 1. The first-order chi connectivity index (χ1) is 29.4. The summed E-state index contributed by atoms with van der Waals surface area (Å²) in [6.45, 7) is 1.75. The van der Waals surface area contributed by atoms with Crippen molar-refractivity contribution in [3.05, 3.63) is 94.5 Å². The molecule has 0 bridgehead atoms. The van der Waals surface area contributed by atoms with Crippen molar-refractivity contribution in [1.29, 1.82) is 0 Å². The Kier molecular flexibility index (Phi) is 13.0. The summed E-state index contributed by atoms with van der Waals surface area (Å²) in [5, 5.41) is 8.64. The van der Waals surface area contributed by atoms with E-state index < -0.39 is 31.7 Å². The van der Waals surface area contributed by atoms with E-state index >= 15 is 0 Å². The van der Waals surface area contributed by atoms with Crippen molar-refractivity contribution < 1.29 is 54.4 Å². The van der Waals surface area contributed by atoms with Crippen LogP contribution in [0.3, 0.4) is 0 Å². The summed E-state index contributed by atoms with van der Waals surface area (Å²) in [5.41, 5.74) is 2.34. The van der Waals surface area contributed by atoms with E-state index in [9.17, 15) is 25.9 Å². The number of aryl methyl sites for hydroxylation is 1. The Bertz CT molecular complexity index is 3180. The molecule has 1 N–H and O–H groups in total. The van der Waals surface area contributed by atoms with Crippen molar-refractivity contribution in [3.8, 4) is 23.0 Å². The fourth-order valence-corrected chi connectivity index (χ4v) is 10.7. The molecule has 13 nitrogen and oxygen atoms in total. The van der Waals surface area contributed by atoms with Gasteiger partial charge in [0, 0.05) is 22.9 Å². The summed E-state index contributed by atoms with van der Waals surface area (Å²) >= 11 is 2.92. The lowest BCUT2D eigenvalue weighted by Gasteiger charge is -2.23. The molecule has 2 heterocycles. The van der Waals surface area contributed by atoms with E-state index in [-0.39, 0.29) is 13.1 Å². The highest BCUT2D eigenvalue weighted by atomic mass is 32.2. The summed E-state index contributed by atoms with van der Waals surface area (Å²) in [6, 6.07) is 23.7. The molecule has 6 aromatic carbocycles. The summed E-state index contributed by atoms with van der Waals surface area (Å²) < 4.78 is 96.9. The summed E-state index contributed by atoms with van der Waals surface area (Å²) in [5.74, 6) is 1.11. The van der Waals surface area contributed by atoms with E-state index in [1.165, 1.54) is 28.0 Å². The number of rotatable bonds is 12. The normalized spacial score (nSPS) is 14.0. The van der Waals surface area contributed by atoms with E-state index in [1.807, 2.05) is 101 Å².